The number of amides is 1. The van der Waals surface area contributed by atoms with Crippen molar-refractivity contribution in [2.75, 3.05) is 13.2 Å². The molecule has 2 aromatic rings. The number of aliphatic carboxylic acids is 1. The predicted octanol–water partition coefficient (Wildman–Crippen LogP) is 6.31. The van der Waals surface area contributed by atoms with Crippen LogP contribution in [0.1, 0.15) is 95.8 Å². The number of ether oxygens (including phenoxy) is 2. The summed E-state index contributed by atoms with van der Waals surface area (Å²) in [6.45, 7) is 6.21. The molecular formula is C34H45NO7. The van der Waals surface area contributed by atoms with Crippen molar-refractivity contribution >= 4 is 23.6 Å². The van der Waals surface area contributed by atoms with Gasteiger partial charge in [0.15, 0.2) is 0 Å². The number of nitrogens with zero attached hydrogens (tertiary/aromatic N) is 1. The number of carboxylic acid groups (broad SMARTS) is 1. The first-order valence-electron chi connectivity index (χ1n) is 15.2. The van der Waals surface area contributed by atoms with Gasteiger partial charge >= 0.3 is 11.9 Å². The average Bonchev–Trinajstić information content (AvgIpc) is 3.00. The maximum Gasteiger partial charge on any atom is 0.329 e. The van der Waals surface area contributed by atoms with Gasteiger partial charge < -0.3 is 19.5 Å². The Hall–Kier alpha value is -3.68. The molecule has 2 unspecified atom stereocenters. The maximum atomic E-state index is 13.7. The number of ketones is 1. The summed E-state index contributed by atoms with van der Waals surface area (Å²) in [5.41, 5.74) is 1.12. The van der Waals surface area contributed by atoms with E-state index in [0.29, 0.717) is 51.0 Å². The molecule has 1 aliphatic rings. The SMILES string of the molecule is CCC(C)(C)C(=O)C(=O)N1CCCCC1C(=O)OC(CCc1ccccc1)c1cccc(OCCCCCC(=O)O)c1. The summed E-state index contributed by atoms with van der Waals surface area (Å²) in [5.74, 6) is -1.72. The number of unbranched alkanes of at least 4 members (excludes halogenated alkanes) is 2. The van der Waals surface area contributed by atoms with Gasteiger partial charge in [-0.05, 0) is 81.0 Å². The Balaban J connectivity index is 1.74. The van der Waals surface area contributed by atoms with Gasteiger partial charge in [-0.1, -0.05) is 63.2 Å². The first kappa shape index (κ1) is 32.8. The van der Waals surface area contributed by atoms with E-state index in [4.69, 9.17) is 14.6 Å². The van der Waals surface area contributed by atoms with Crippen LogP contribution in [0.15, 0.2) is 54.6 Å². The zero-order valence-electron chi connectivity index (χ0n) is 25.2. The van der Waals surface area contributed by atoms with Crippen LogP contribution in [0.5, 0.6) is 5.75 Å². The van der Waals surface area contributed by atoms with Gasteiger partial charge in [-0.3, -0.25) is 14.4 Å². The van der Waals surface area contributed by atoms with Gasteiger partial charge in [-0.25, -0.2) is 4.79 Å². The van der Waals surface area contributed by atoms with Crippen molar-refractivity contribution in [3.05, 3.63) is 65.7 Å². The Bertz CT molecular complexity index is 1190. The number of hydrogen-bond donors (Lipinski definition) is 1. The highest BCUT2D eigenvalue weighted by atomic mass is 16.5. The van der Waals surface area contributed by atoms with Gasteiger partial charge in [-0.15, -0.1) is 0 Å². The number of piperidine rings is 1. The topological polar surface area (TPSA) is 110 Å². The maximum absolute atomic E-state index is 13.7. The molecule has 2 atom stereocenters. The Morgan fingerprint density at radius 2 is 1.76 bits per heavy atom. The highest BCUT2D eigenvalue weighted by molar-refractivity contribution is 6.38. The number of esters is 1. The molecule has 42 heavy (non-hydrogen) atoms. The first-order valence-corrected chi connectivity index (χ1v) is 15.2. The van der Waals surface area contributed by atoms with Crippen LogP contribution in [0.25, 0.3) is 0 Å². The third-order valence-corrected chi connectivity index (χ3v) is 8.06. The van der Waals surface area contributed by atoms with Crippen molar-refractivity contribution < 1.29 is 33.8 Å². The highest BCUT2D eigenvalue weighted by Gasteiger charge is 2.41. The Morgan fingerprint density at radius 3 is 2.48 bits per heavy atom. The van der Waals surface area contributed by atoms with E-state index in [2.05, 4.69) is 0 Å². The quantitative estimate of drug-likeness (QED) is 0.141. The van der Waals surface area contributed by atoms with Crippen molar-refractivity contribution in [1.82, 2.24) is 4.90 Å². The molecule has 1 saturated heterocycles. The van der Waals surface area contributed by atoms with E-state index >= 15 is 0 Å². The molecular weight excluding hydrogens is 534 g/mol. The number of Topliss-reactive ketones (excluding diaryl/α,β-unsaturated/α-hetero) is 1. The van der Waals surface area contributed by atoms with Crippen LogP contribution in [0.3, 0.4) is 0 Å². The molecule has 1 fully saturated rings. The van der Waals surface area contributed by atoms with Gasteiger partial charge in [0.25, 0.3) is 5.91 Å². The Kier molecular flexibility index (Phi) is 12.6. The van der Waals surface area contributed by atoms with Crippen LogP contribution in [-0.2, 0) is 30.3 Å². The fourth-order valence-corrected chi connectivity index (χ4v) is 5.00. The van der Waals surface area contributed by atoms with Gasteiger partial charge in [0, 0.05) is 18.4 Å². The molecule has 1 N–H and O–H groups in total. The summed E-state index contributed by atoms with van der Waals surface area (Å²) in [7, 11) is 0. The Labute approximate surface area is 249 Å². The number of rotatable bonds is 16. The third-order valence-electron chi connectivity index (χ3n) is 8.06. The summed E-state index contributed by atoms with van der Waals surface area (Å²) >= 11 is 0. The number of benzene rings is 2. The summed E-state index contributed by atoms with van der Waals surface area (Å²) in [5, 5.41) is 8.80. The molecule has 8 nitrogen and oxygen atoms in total. The molecule has 0 saturated carbocycles. The minimum Gasteiger partial charge on any atom is -0.494 e. The summed E-state index contributed by atoms with van der Waals surface area (Å²) < 4.78 is 12.1. The number of hydrogen-bond acceptors (Lipinski definition) is 6. The van der Waals surface area contributed by atoms with E-state index in [1.807, 2.05) is 61.5 Å². The molecule has 0 spiro atoms. The molecule has 8 heteroatoms. The number of carbonyl (C=O) groups is 4. The molecule has 1 aliphatic heterocycles. The van der Waals surface area contributed by atoms with Gasteiger partial charge in [-0.2, -0.15) is 0 Å². The van der Waals surface area contributed by atoms with E-state index in [0.717, 1.165) is 36.8 Å². The van der Waals surface area contributed by atoms with Crippen molar-refractivity contribution in [1.29, 1.82) is 0 Å². The molecule has 1 heterocycles. The van der Waals surface area contributed by atoms with Crippen molar-refractivity contribution in [3.63, 3.8) is 0 Å². The number of aryl methyl sites for hydroxylation is 1. The zero-order chi connectivity index (χ0) is 30.5. The fraction of sp³-hybridized carbons (Fsp3) is 0.529. The average molecular weight is 580 g/mol. The lowest BCUT2D eigenvalue weighted by molar-refractivity contribution is -0.164. The summed E-state index contributed by atoms with van der Waals surface area (Å²) in [6, 6.07) is 16.7. The predicted molar refractivity (Wildman–Crippen MR) is 160 cm³/mol. The van der Waals surface area contributed by atoms with Gasteiger partial charge in [0.2, 0.25) is 5.78 Å². The first-order chi connectivity index (χ1) is 20.1. The minimum absolute atomic E-state index is 0.151. The highest BCUT2D eigenvalue weighted by Crippen LogP contribution is 2.30. The van der Waals surface area contributed by atoms with E-state index < -0.39 is 41.2 Å². The smallest absolute Gasteiger partial charge is 0.329 e. The molecule has 2 aromatic carbocycles. The van der Waals surface area contributed by atoms with E-state index in [1.165, 1.54) is 4.90 Å². The van der Waals surface area contributed by atoms with Crippen LogP contribution in [0, 0.1) is 5.41 Å². The lowest BCUT2D eigenvalue weighted by atomic mass is 9.84. The van der Waals surface area contributed by atoms with E-state index in [9.17, 15) is 19.2 Å². The fourth-order valence-electron chi connectivity index (χ4n) is 5.00. The van der Waals surface area contributed by atoms with Crippen LogP contribution >= 0.6 is 0 Å². The van der Waals surface area contributed by atoms with Crippen LogP contribution in [-0.4, -0.2) is 52.8 Å². The van der Waals surface area contributed by atoms with Crippen molar-refractivity contribution in [2.24, 2.45) is 5.41 Å². The number of carboxylic acids is 1. The summed E-state index contributed by atoms with van der Waals surface area (Å²) in [6.07, 6.45) is 5.42. The van der Waals surface area contributed by atoms with Gasteiger partial charge in [0.1, 0.15) is 17.9 Å². The molecule has 0 radical (unpaired) electrons. The monoisotopic (exact) mass is 579 g/mol. The second kappa shape index (κ2) is 16.1. The van der Waals surface area contributed by atoms with Crippen molar-refractivity contribution in [2.45, 2.75) is 97.1 Å². The summed E-state index contributed by atoms with van der Waals surface area (Å²) in [4.78, 5) is 52.0. The minimum atomic E-state index is -0.799. The zero-order valence-corrected chi connectivity index (χ0v) is 25.2. The molecule has 0 aliphatic carbocycles. The lowest BCUT2D eigenvalue weighted by Gasteiger charge is -2.36. The van der Waals surface area contributed by atoms with Crippen LogP contribution in [0.2, 0.25) is 0 Å². The lowest BCUT2D eigenvalue weighted by Crippen LogP contribution is -2.53. The number of likely N-dealkylation sites (tertiary alicyclic amines) is 1. The molecule has 0 bridgehead atoms. The van der Waals surface area contributed by atoms with Gasteiger partial charge in [0.05, 0.1) is 6.61 Å². The molecule has 228 valence electrons. The van der Waals surface area contributed by atoms with Crippen molar-refractivity contribution in [3.8, 4) is 5.75 Å². The second-order valence-corrected chi connectivity index (χ2v) is 11.7. The Morgan fingerprint density at radius 1 is 1.00 bits per heavy atom. The third kappa shape index (κ3) is 9.71. The molecule has 3 rings (SSSR count). The van der Waals surface area contributed by atoms with Crippen LogP contribution < -0.4 is 4.74 Å². The normalized spacial score (nSPS) is 16.0. The molecule has 0 aromatic heterocycles. The number of carbonyl (C=O) groups excluding carboxylic acids is 3. The van der Waals surface area contributed by atoms with E-state index in [-0.39, 0.29) is 6.42 Å². The van der Waals surface area contributed by atoms with E-state index in [1.54, 1.807) is 13.8 Å². The second-order valence-electron chi connectivity index (χ2n) is 11.7. The van der Waals surface area contributed by atoms with Crippen LogP contribution in [0.4, 0.5) is 0 Å². The standard InChI is InChI=1S/C34H45NO7/c1-4-34(2,3)31(38)32(39)35-22-11-10-18-28(35)33(40)42-29(21-20-25-14-7-5-8-15-25)26-16-13-17-27(24-26)41-23-12-6-9-19-30(36)37/h5,7-8,13-17,24,28-29H,4,6,9-12,18-23H2,1-3H3,(H,36,37). The molecule has 1 amide bonds. The largest absolute Gasteiger partial charge is 0.494 e.